The normalized spacial score (nSPS) is 15.4. The molecule has 0 saturated heterocycles. The number of thioether (sulfide) groups is 1. The summed E-state index contributed by atoms with van der Waals surface area (Å²) in [7, 11) is -3.85. The Labute approximate surface area is 269 Å². The quantitative estimate of drug-likeness (QED) is 0.177. The molecule has 2 N–H and O–H groups in total. The van der Waals surface area contributed by atoms with E-state index in [0.717, 1.165) is 67.8 Å². The lowest BCUT2D eigenvalue weighted by molar-refractivity contribution is -0.113. The lowest BCUT2D eigenvalue weighted by atomic mass is 9.97. The molecule has 1 amide bonds. The van der Waals surface area contributed by atoms with Crippen LogP contribution in [0.15, 0.2) is 62.3 Å². The van der Waals surface area contributed by atoms with Gasteiger partial charge in [0.25, 0.3) is 15.6 Å². The molecule has 2 aliphatic rings. The number of nitrogens with one attached hydrogen (secondary N) is 2. The van der Waals surface area contributed by atoms with Gasteiger partial charge in [0.2, 0.25) is 5.91 Å². The van der Waals surface area contributed by atoms with Crippen LogP contribution in [0.4, 0.5) is 5.69 Å². The van der Waals surface area contributed by atoms with Gasteiger partial charge in [-0.3, -0.25) is 23.9 Å². The Morgan fingerprint density at radius 3 is 2.73 bits per heavy atom. The van der Waals surface area contributed by atoms with E-state index in [-0.39, 0.29) is 22.1 Å². The zero-order valence-corrected chi connectivity index (χ0v) is 27.4. The topological polar surface area (TPSA) is 123 Å². The Morgan fingerprint density at radius 2 is 1.89 bits per heavy atom. The molecule has 1 aliphatic heterocycles. The fourth-order valence-electron chi connectivity index (χ4n) is 5.47. The molecule has 0 atom stereocenters. The van der Waals surface area contributed by atoms with Crippen LogP contribution in [0, 0.1) is 6.92 Å². The van der Waals surface area contributed by atoms with Crippen LogP contribution in [0.1, 0.15) is 54.5 Å². The van der Waals surface area contributed by atoms with Crippen LogP contribution in [0.25, 0.3) is 15.9 Å². The Bertz CT molecular complexity index is 1950. The van der Waals surface area contributed by atoms with Gasteiger partial charge in [-0.15, -0.1) is 11.3 Å². The number of fused-ring (bicyclic) bond motifs is 3. The van der Waals surface area contributed by atoms with Crippen LogP contribution in [0.2, 0.25) is 5.02 Å². The van der Waals surface area contributed by atoms with Gasteiger partial charge < -0.3 is 5.32 Å². The highest BCUT2D eigenvalue weighted by atomic mass is 35.5. The second-order valence-electron chi connectivity index (χ2n) is 11.0. The molecule has 0 spiro atoms. The highest BCUT2D eigenvalue weighted by Crippen LogP contribution is 2.35. The Morgan fingerprint density at radius 1 is 1.07 bits per heavy atom. The van der Waals surface area contributed by atoms with E-state index in [9.17, 15) is 18.0 Å². The number of hydrogen-bond acceptors (Lipinski definition) is 8. The number of hydrogen-bond donors (Lipinski definition) is 2. The predicted molar refractivity (Wildman–Crippen MR) is 178 cm³/mol. The zero-order chi connectivity index (χ0) is 30.8. The van der Waals surface area contributed by atoms with Crippen LogP contribution in [0.3, 0.4) is 0 Å². The highest BCUT2D eigenvalue weighted by molar-refractivity contribution is 7.99. The molecule has 230 valence electrons. The number of thiophene rings is 1. The Balaban J connectivity index is 1.24. The second-order valence-corrected chi connectivity index (χ2v) is 15.1. The van der Waals surface area contributed by atoms with Crippen molar-refractivity contribution in [3.63, 3.8) is 0 Å². The average Bonchev–Trinajstić information content (AvgIpc) is 3.19. The number of aryl methyl sites for hydroxylation is 3. The monoisotopic (exact) mass is 669 g/mol. The first kappa shape index (κ1) is 30.8. The number of carbonyl (C=O) groups is 1. The van der Waals surface area contributed by atoms with E-state index in [1.54, 1.807) is 34.1 Å². The molecule has 1 aliphatic carbocycles. The molecule has 4 aromatic rings. The number of sulfonamides is 1. The first-order chi connectivity index (χ1) is 21.2. The Hall–Kier alpha value is -3.19. The van der Waals surface area contributed by atoms with Gasteiger partial charge in [-0.25, -0.2) is 13.4 Å². The lowest BCUT2D eigenvalue weighted by Gasteiger charge is -2.14. The highest BCUT2D eigenvalue weighted by Gasteiger charge is 2.24. The minimum absolute atomic E-state index is 0.0359. The number of aliphatic imine (C=N–C) groups is 1. The van der Waals surface area contributed by atoms with Gasteiger partial charge in [0.15, 0.2) is 5.16 Å². The van der Waals surface area contributed by atoms with Crippen molar-refractivity contribution in [1.82, 2.24) is 14.3 Å². The largest absolute Gasteiger partial charge is 0.325 e. The fraction of sp³-hybridized carbons (Fsp3) is 0.355. The zero-order valence-electron chi connectivity index (χ0n) is 24.2. The molecular formula is C31H32ClN5O4S3. The van der Waals surface area contributed by atoms with Gasteiger partial charge in [0.1, 0.15) is 10.7 Å². The van der Waals surface area contributed by atoms with Gasteiger partial charge in [0.05, 0.1) is 21.7 Å². The fourth-order valence-corrected chi connectivity index (χ4v) is 8.90. The molecule has 0 radical (unpaired) electrons. The van der Waals surface area contributed by atoms with Crippen LogP contribution in [-0.4, -0.2) is 42.0 Å². The summed E-state index contributed by atoms with van der Waals surface area (Å²) in [5.41, 5.74) is 2.74. The van der Waals surface area contributed by atoms with Gasteiger partial charge in [0, 0.05) is 28.6 Å². The maximum absolute atomic E-state index is 14.0. The van der Waals surface area contributed by atoms with Crippen molar-refractivity contribution in [3.05, 3.63) is 73.8 Å². The van der Waals surface area contributed by atoms with Crippen molar-refractivity contribution in [1.29, 1.82) is 0 Å². The summed E-state index contributed by atoms with van der Waals surface area (Å²) >= 11 is 9.15. The Kier molecular flexibility index (Phi) is 9.13. The number of nitrogens with zero attached hydrogens (tertiary/aromatic N) is 3. The summed E-state index contributed by atoms with van der Waals surface area (Å²) < 4.78 is 30.2. The van der Waals surface area contributed by atoms with Crippen molar-refractivity contribution in [2.75, 3.05) is 17.6 Å². The minimum atomic E-state index is -3.85. The van der Waals surface area contributed by atoms with E-state index in [0.29, 0.717) is 50.6 Å². The molecule has 0 unspecified atom stereocenters. The molecule has 0 saturated carbocycles. The third-order valence-corrected chi connectivity index (χ3v) is 11.7. The summed E-state index contributed by atoms with van der Waals surface area (Å²) in [6, 6.07) is 11.6. The van der Waals surface area contributed by atoms with Crippen molar-refractivity contribution in [3.8, 4) is 5.69 Å². The van der Waals surface area contributed by atoms with Crippen LogP contribution >= 0.6 is 34.7 Å². The molecular weight excluding hydrogens is 638 g/mol. The SMILES string of the molecule is Cc1ccc(-n2c(SCC(=O)Nc3cccc(S(=O)(=O)NC4=NCCCCC4)c3)nc3sc4c(c3c2=O)CCCC4)cc1Cl. The lowest BCUT2D eigenvalue weighted by Crippen LogP contribution is -2.30. The number of anilines is 1. The third kappa shape index (κ3) is 6.58. The van der Waals surface area contributed by atoms with Crippen molar-refractivity contribution in [2.24, 2.45) is 4.99 Å². The summed E-state index contributed by atoms with van der Waals surface area (Å²) in [6.07, 6.45) is 7.36. The molecule has 2 aromatic heterocycles. The van der Waals surface area contributed by atoms with Gasteiger partial charge in [-0.2, -0.15) is 0 Å². The molecule has 2 aromatic carbocycles. The van der Waals surface area contributed by atoms with E-state index in [1.807, 2.05) is 19.1 Å². The molecule has 9 nitrogen and oxygen atoms in total. The smallest absolute Gasteiger partial charge is 0.267 e. The molecule has 3 heterocycles. The average molecular weight is 670 g/mol. The number of carbonyl (C=O) groups excluding carboxylic acids is 1. The first-order valence-corrected chi connectivity index (χ1v) is 18.3. The number of rotatable bonds is 7. The summed E-state index contributed by atoms with van der Waals surface area (Å²) in [6.45, 7) is 2.50. The number of aromatic nitrogens is 2. The van der Waals surface area contributed by atoms with E-state index in [1.165, 1.54) is 17.0 Å². The van der Waals surface area contributed by atoms with E-state index < -0.39 is 10.0 Å². The van der Waals surface area contributed by atoms with Crippen LogP contribution in [0.5, 0.6) is 0 Å². The van der Waals surface area contributed by atoms with Crippen LogP contribution in [-0.2, 0) is 27.7 Å². The third-order valence-electron chi connectivity index (χ3n) is 7.76. The van der Waals surface area contributed by atoms with E-state index >= 15 is 0 Å². The van der Waals surface area contributed by atoms with Crippen molar-refractivity contribution < 1.29 is 13.2 Å². The van der Waals surface area contributed by atoms with Crippen LogP contribution < -0.4 is 15.6 Å². The molecule has 6 rings (SSSR count). The van der Waals surface area contributed by atoms with Gasteiger partial charge in [-0.1, -0.05) is 41.9 Å². The van der Waals surface area contributed by atoms with Crippen molar-refractivity contribution >= 4 is 72.4 Å². The van der Waals surface area contributed by atoms with Gasteiger partial charge >= 0.3 is 0 Å². The standard InChI is InChI=1S/C31H32ClN5O4S3/c1-19-13-14-21(17-24(19)32)37-30(39)28-23-10-4-5-11-25(23)43-29(28)35-31(37)42-18-27(38)34-20-8-7-9-22(16-20)44(40,41)36-26-12-3-2-6-15-33-26/h7-9,13-14,16-17H,2-6,10-12,15,18H2,1H3,(H,33,36)(H,34,38). The number of amides is 1. The molecule has 13 heteroatoms. The first-order valence-electron chi connectivity index (χ1n) is 14.6. The summed E-state index contributed by atoms with van der Waals surface area (Å²) in [5, 5.41) is 4.36. The summed E-state index contributed by atoms with van der Waals surface area (Å²) in [4.78, 5) is 38.3. The predicted octanol–water partition coefficient (Wildman–Crippen LogP) is 6.27. The summed E-state index contributed by atoms with van der Waals surface area (Å²) in [5.74, 6) is 0.0542. The second kappa shape index (κ2) is 13.0. The molecule has 0 fully saturated rings. The van der Waals surface area contributed by atoms with Crippen molar-refractivity contribution in [2.45, 2.75) is 68.3 Å². The molecule has 0 bridgehead atoms. The van der Waals surface area contributed by atoms with E-state index in [4.69, 9.17) is 16.6 Å². The minimum Gasteiger partial charge on any atom is -0.325 e. The number of benzene rings is 2. The molecule has 44 heavy (non-hydrogen) atoms. The van der Waals surface area contributed by atoms with E-state index in [2.05, 4.69) is 15.0 Å². The number of halogens is 1. The maximum atomic E-state index is 14.0. The van der Waals surface area contributed by atoms with Gasteiger partial charge in [-0.05, 0) is 86.9 Å². The number of amidine groups is 1. The maximum Gasteiger partial charge on any atom is 0.267 e.